The van der Waals surface area contributed by atoms with Crippen molar-refractivity contribution < 1.29 is 18.7 Å². The number of oxime groups is 1. The molecule has 0 spiro atoms. The number of hydrogen-bond acceptors (Lipinski definition) is 7. The monoisotopic (exact) mass is 459 g/mol. The molecule has 1 aromatic heterocycles. The van der Waals surface area contributed by atoms with Crippen molar-refractivity contribution in [1.82, 2.24) is 9.47 Å². The molecule has 1 aliphatic carbocycles. The largest absolute Gasteiger partial charge is 0.420 e. The van der Waals surface area contributed by atoms with Crippen molar-refractivity contribution in [2.75, 3.05) is 40.5 Å². The molecule has 182 valence electrons. The summed E-state index contributed by atoms with van der Waals surface area (Å²) in [5, 5.41) is 4.02. The van der Waals surface area contributed by atoms with Gasteiger partial charge < -0.3 is 18.7 Å². The molecule has 0 amide bonds. The van der Waals surface area contributed by atoms with Crippen LogP contribution in [-0.4, -0.2) is 67.3 Å². The first-order valence-electron chi connectivity index (χ1n) is 12.0. The summed E-state index contributed by atoms with van der Waals surface area (Å²) in [5.41, 5.74) is 3.35. The Morgan fingerprint density at radius 3 is 2.55 bits per heavy atom. The van der Waals surface area contributed by atoms with Crippen LogP contribution in [0.4, 0.5) is 0 Å². The van der Waals surface area contributed by atoms with Crippen LogP contribution in [-0.2, 0) is 14.3 Å². The summed E-state index contributed by atoms with van der Waals surface area (Å²) in [7, 11) is 3.24. The summed E-state index contributed by atoms with van der Waals surface area (Å²) in [6, 6.07) is 5.88. The zero-order valence-corrected chi connectivity index (χ0v) is 20.3. The molecule has 33 heavy (non-hydrogen) atoms. The van der Waals surface area contributed by atoms with Gasteiger partial charge in [0.1, 0.15) is 7.11 Å². The summed E-state index contributed by atoms with van der Waals surface area (Å²) in [6.45, 7) is 7.59. The maximum Gasteiger partial charge on any atom is 0.420 e. The molecule has 1 saturated heterocycles. The van der Waals surface area contributed by atoms with Crippen LogP contribution in [0.5, 0.6) is 0 Å². The Morgan fingerprint density at radius 1 is 1.15 bits per heavy atom. The number of fused-ring (bicyclic) bond motifs is 1. The molecule has 8 heteroatoms. The fourth-order valence-electron chi connectivity index (χ4n) is 5.45. The third kappa shape index (κ3) is 5.18. The van der Waals surface area contributed by atoms with E-state index >= 15 is 0 Å². The van der Waals surface area contributed by atoms with E-state index in [1.807, 2.05) is 29.7 Å². The van der Waals surface area contributed by atoms with Crippen LogP contribution in [0.25, 0.3) is 11.1 Å². The second-order valence-electron chi connectivity index (χ2n) is 9.56. The summed E-state index contributed by atoms with van der Waals surface area (Å²) >= 11 is 0. The Bertz CT molecular complexity index is 1010. The van der Waals surface area contributed by atoms with Crippen LogP contribution in [0.3, 0.4) is 0 Å². The fourth-order valence-corrected chi connectivity index (χ4v) is 5.45. The third-order valence-corrected chi connectivity index (χ3v) is 7.50. The van der Waals surface area contributed by atoms with Crippen LogP contribution in [0.15, 0.2) is 32.6 Å². The van der Waals surface area contributed by atoms with Crippen molar-refractivity contribution in [3.63, 3.8) is 0 Å². The topological polar surface area (TPSA) is 78.4 Å². The van der Waals surface area contributed by atoms with Gasteiger partial charge in [0, 0.05) is 37.3 Å². The van der Waals surface area contributed by atoms with E-state index in [0.29, 0.717) is 24.9 Å². The predicted octanol–water partition coefficient (Wildman–Crippen LogP) is 3.97. The van der Waals surface area contributed by atoms with E-state index in [1.165, 1.54) is 7.11 Å². The lowest BCUT2D eigenvalue weighted by Crippen LogP contribution is -2.53. The van der Waals surface area contributed by atoms with Crippen LogP contribution in [0.2, 0.25) is 0 Å². The second kappa shape index (κ2) is 10.4. The molecule has 0 bridgehead atoms. The van der Waals surface area contributed by atoms with Gasteiger partial charge in [-0.1, -0.05) is 5.16 Å². The highest BCUT2D eigenvalue weighted by Gasteiger charge is 2.38. The van der Waals surface area contributed by atoms with Gasteiger partial charge >= 0.3 is 5.76 Å². The highest BCUT2D eigenvalue weighted by molar-refractivity contribution is 6.00. The molecule has 0 atom stereocenters. The molecular formula is C25H37N3O5. The number of ether oxygens (including phenoxy) is 2. The number of aromatic nitrogens is 1. The number of likely N-dealkylation sites (tertiary alicyclic amines) is 1. The lowest BCUT2D eigenvalue weighted by atomic mass is 9.79. The van der Waals surface area contributed by atoms with E-state index in [0.717, 1.165) is 68.4 Å². The molecule has 4 rings (SSSR count). The van der Waals surface area contributed by atoms with Crippen LogP contribution in [0, 0.1) is 0 Å². The quantitative estimate of drug-likeness (QED) is 0.338. The van der Waals surface area contributed by atoms with E-state index in [9.17, 15) is 4.79 Å². The molecule has 2 aliphatic rings. The van der Waals surface area contributed by atoms with Gasteiger partial charge in [-0.05, 0) is 70.6 Å². The SMILES string of the molecule is COCCOC1CCC(C)(N2CCC(n3c(=O)oc4ccc(/C(C)=N/OC)cc43)CC2)CC1. The maximum absolute atomic E-state index is 12.7. The fraction of sp³-hybridized carbons (Fsp3) is 0.680. The number of oxazole rings is 1. The smallest absolute Gasteiger partial charge is 0.408 e. The minimum Gasteiger partial charge on any atom is -0.408 e. The molecule has 2 aromatic rings. The molecule has 1 saturated carbocycles. The number of nitrogens with zero attached hydrogens (tertiary/aromatic N) is 3. The van der Waals surface area contributed by atoms with Crippen molar-refractivity contribution >= 4 is 16.8 Å². The first-order chi connectivity index (χ1) is 15.9. The van der Waals surface area contributed by atoms with Gasteiger partial charge in [-0.3, -0.25) is 9.47 Å². The minimum absolute atomic E-state index is 0.141. The zero-order valence-electron chi connectivity index (χ0n) is 20.3. The highest BCUT2D eigenvalue weighted by Crippen LogP contribution is 2.38. The lowest BCUT2D eigenvalue weighted by molar-refractivity contribution is -0.0419. The average Bonchev–Trinajstić information content (AvgIpc) is 3.15. The van der Waals surface area contributed by atoms with Crippen molar-refractivity contribution in [2.24, 2.45) is 5.16 Å². The van der Waals surface area contributed by atoms with Gasteiger partial charge in [0.05, 0.1) is 30.5 Å². The molecule has 2 heterocycles. The summed E-state index contributed by atoms with van der Waals surface area (Å²) in [5.74, 6) is -0.276. The van der Waals surface area contributed by atoms with E-state index in [-0.39, 0.29) is 17.3 Å². The number of hydrogen-bond donors (Lipinski definition) is 0. The molecule has 0 radical (unpaired) electrons. The first kappa shape index (κ1) is 24.0. The van der Waals surface area contributed by atoms with Crippen LogP contribution in [0.1, 0.15) is 64.0 Å². The van der Waals surface area contributed by atoms with E-state index in [4.69, 9.17) is 18.7 Å². The minimum atomic E-state index is -0.276. The zero-order chi connectivity index (χ0) is 23.4. The Balaban J connectivity index is 1.42. The maximum atomic E-state index is 12.7. The number of rotatable bonds is 8. The van der Waals surface area contributed by atoms with E-state index in [2.05, 4.69) is 17.0 Å². The molecule has 8 nitrogen and oxygen atoms in total. The third-order valence-electron chi connectivity index (χ3n) is 7.50. The standard InChI is InChI=1S/C25H37N3O5/c1-18(26-31-4)19-5-6-23-22(17-19)28(24(29)33-23)20-9-13-27(14-10-20)25(2)11-7-21(8-12-25)32-16-15-30-3/h5-6,17,20-21H,7-16H2,1-4H3/b26-18+. The van der Waals surface area contributed by atoms with Gasteiger partial charge in [0.25, 0.3) is 0 Å². The van der Waals surface area contributed by atoms with Crippen molar-refractivity contribution in [1.29, 1.82) is 0 Å². The highest BCUT2D eigenvalue weighted by atomic mass is 16.6. The number of benzene rings is 1. The van der Waals surface area contributed by atoms with Gasteiger partial charge in [0.15, 0.2) is 5.58 Å². The second-order valence-corrected chi connectivity index (χ2v) is 9.56. The molecule has 0 N–H and O–H groups in total. The van der Waals surface area contributed by atoms with Crippen molar-refractivity contribution in [3.8, 4) is 0 Å². The Hall–Kier alpha value is -2.16. The van der Waals surface area contributed by atoms with E-state index < -0.39 is 0 Å². The van der Waals surface area contributed by atoms with Crippen molar-refractivity contribution in [2.45, 2.75) is 70.1 Å². The lowest BCUT2D eigenvalue weighted by Gasteiger charge is -2.48. The summed E-state index contributed by atoms with van der Waals surface area (Å²) < 4.78 is 18.5. The molecule has 1 aliphatic heterocycles. The molecule has 2 fully saturated rings. The number of methoxy groups -OCH3 is 1. The van der Waals surface area contributed by atoms with Gasteiger partial charge in [-0.2, -0.15) is 0 Å². The van der Waals surface area contributed by atoms with Gasteiger partial charge in [0.2, 0.25) is 0 Å². The van der Waals surface area contributed by atoms with Gasteiger partial charge in [-0.15, -0.1) is 0 Å². The summed E-state index contributed by atoms with van der Waals surface area (Å²) in [4.78, 5) is 20.3. The normalized spacial score (nSPS) is 25.6. The van der Waals surface area contributed by atoms with E-state index in [1.54, 1.807) is 7.11 Å². The van der Waals surface area contributed by atoms with Gasteiger partial charge in [-0.25, -0.2) is 4.79 Å². The van der Waals surface area contributed by atoms with Crippen LogP contribution >= 0.6 is 0 Å². The van der Waals surface area contributed by atoms with Crippen molar-refractivity contribution in [3.05, 3.63) is 34.3 Å². The Kier molecular flexibility index (Phi) is 7.56. The Labute approximate surface area is 195 Å². The first-order valence-corrected chi connectivity index (χ1v) is 12.0. The average molecular weight is 460 g/mol. The number of piperidine rings is 1. The Morgan fingerprint density at radius 2 is 1.88 bits per heavy atom. The molecular weight excluding hydrogens is 422 g/mol. The summed E-state index contributed by atoms with van der Waals surface area (Å²) in [6.07, 6.45) is 6.70. The predicted molar refractivity (Wildman–Crippen MR) is 128 cm³/mol. The molecule has 0 unspecified atom stereocenters. The molecule has 1 aromatic carbocycles. The van der Waals surface area contributed by atoms with Crippen LogP contribution < -0.4 is 5.76 Å².